The molecule has 0 N–H and O–H groups in total. The molecule has 4 nitrogen and oxygen atoms in total. The molecule has 98 valence electrons. The van der Waals surface area contributed by atoms with E-state index in [0.717, 1.165) is 18.8 Å². The third-order valence-corrected chi connectivity index (χ3v) is 4.23. The van der Waals surface area contributed by atoms with Gasteiger partial charge in [0.2, 0.25) is 0 Å². The molecule has 3 heterocycles. The second-order valence-electron chi connectivity index (χ2n) is 5.53. The Bertz CT molecular complexity index is 451. The topological polar surface area (TPSA) is 32.3 Å². The van der Waals surface area contributed by atoms with Crippen molar-refractivity contribution >= 4 is 17.4 Å². The first-order valence-electron chi connectivity index (χ1n) is 6.64. The molecule has 3 rings (SSSR count). The van der Waals surface area contributed by atoms with Gasteiger partial charge < -0.3 is 9.80 Å². The van der Waals surface area contributed by atoms with Crippen molar-refractivity contribution in [1.82, 2.24) is 15.1 Å². The number of hydrogen-bond acceptors (Lipinski definition) is 4. The van der Waals surface area contributed by atoms with Gasteiger partial charge in [-0.2, -0.15) is 0 Å². The Labute approximate surface area is 113 Å². The van der Waals surface area contributed by atoms with Crippen molar-refractivity contribution in [2.24, 2.45) is 0 Å². The second-order valence-corrected chi connectivity index (χ2v) is 5.92. The van der Waals surface area contributed by atoms with Gasteiger partial charge in [-0.25, -0.2) is 0 Å². The van der Waals surface area contributed by atoms with E-state index in [9.17, 15) is 0 Å². The molecule has 2 aliphatic heterocycles. The van der Waals surface area contributed by atoms with Gasteiger partial charge >= 0.3 is 0 Å². The standard InChI is InChI=1S/C13H19ClN4/c1-9-6-10-7-12(14)15-16-13(10)18(9)11-4-3-5-17(2)8-11/h7,9,11H,3-6,8H2,1-2H3/t9?,11-/m1/s1. The van der Waals surface area contributed by atoms with Crippen LogP contribution in [0.1, 0.15) is 25.3 Å². The highest BCUT2D eigenvalue weighted by Crippen LogP contribution is 2.34. The highest BCUT2D eigenvalue weighted by molar-refractivity contribution is 6.29. The molecule has 1 saturated heterocycles. The van der Waals surface area contributed by atoms with E-state index in [-0.39, 0.29) is 0 Å². The largest absolute Gasteiger partial charge is 0.348 e. The summed E-state index contributed by atoms with van der Waals surface area (Å²) in [5, 5.41) is 8.83. The van der Waals surface area contributed by atoms with Gasteiger partial charge in [-0.05, 0) is 45.8 Å². The third-order valence-electron chi connectivity index (χ3n) is 4.05. The highest BCUT2D eigenvalue weighted by Gasteiger charge is 2.35. The predicted octanol–water partition coefficient (Wildman–Crippen LogP) is 1.98. The maximum atomic E-state index is 5.93. The van der Waals surface area contributed by atoms with Gasteiger partial charge in [0.1, 0.15) is 0 Å². The number of piperidine rings is 1. The minimum atomic E-state index is 0.503. The van der Waals surface area contributed by atoms with Gasteiger partial charge in [-0.15, -0.1) is 10.2 Å². The Morgan fingerprint density at radius 2 is 2.22 bits per heavy atom. The van der Waals surface area contributed by atoms with Crippen molar-refractivity contribution in [3.8, 4) is 0 Å². The Hall–Kier alpha value is -0.870. The first-order chi connectivity index (χ1) is 8.65. The number of hydrogen-bond donors (Lipinski definition) is 0. The summed E-state index contributed by atoms with van der Waals surface area (Å²) in [5.41, 5.74) is 1.25. The van der Waals surface area contributed by atoms with Crippen LogP contribution < -0.4 is 4.90 Å². The first-order valence-corrected chi connectivity index (χ1v) is 7.02. The van der Waals surface area contributed by atoms with Crippen molar-refractivity contribution in [2.75, 3.05) is 25.0 Å². The van der Waals surface area contributed by atoms with Crippen LogP contribution in [0.15, 0.2) is 6.07 Å². The summed E-state index contributed by atoms with van der Waals surface area (Å²) in [4.78, 5) is 4.86. The molecule has 1 fully saturated rings. The Balaban J connectivity index is 1.89. The molecule has 18 heavy (non-hydrogen) atoms. The van der Waals surface area contributed by atoms with E-state index in [2.05, 4.69) is 34.0 Å². The minimum Gasteiger partial charge on any atom is -0.348 e. The molecule has 2 aliphatic rings. The minimum absolute atomic E-state index is 0.503. The number of fused-ring (bicyclic) bond motifs is 1. The molecule has 0 saturated carbocycles. The van der Waals surface area contributed by atoms with E-state index in [1.807, 2.05) is 6.07 Å². The van der Waals surface area contributed by atoms with Crippen LogP contribution >= 0.6 is 11.6 Å². The summed E-state index contributed by atoms with van der Waals surface area (Å²) in [5.74, 6) is 1.05. The van der Waals surface area contributed by atoms with Crippen molar-refractivity contribution < 1.29 is 0 Å². The van der Waals surface area contributed by atoms with Crippen LogP contribution in [0.25, 0.3) is 0 Å². The van der Waals surface area contributed by atoms with Gasteiger partial charge in [0, 0.05) is 24.2 Å². The van der Waals surface area contributed by atoms with Crippen LogP contribution in [0.5, 0.6) is 0 Å². The SMILES string of the molecule is CC1Cc2cc(Cl)nnc2N1[C@@H]1CCCN(C)C1. The van der Waals surface area contributed by atoms with Gasteiger partial charge in [0.15, 0.2) is 11.0 Å². The Kier molecular flexibility index (Phi) is 3.16. The van der Waals surface area contributed by atoms with Gasteiger partial charge in [0.25, 0.3) is 0 Å². The summed E-state index contributed by atoms with van der Waals surface area (Å²) < 4.78 is 0. The quantitative estimate of drug-likeness (QED) is 0.778. The summed E-state index contributed by atoms with van der Waals surface area (Å²) in [6, 6.07) is 3.03. The molecule has 1 aromatic heterocycles. The molecule has 0 amide bonds. The number of anilines is 1. The third kappa shape index (κ3) is 2.08. The zero-order chi connectivity index (χ0) is 12.7. The second kappa shape index (κ2) is 4.67. The number of likely N-dealkylation sites (tertiary alicyclic amines) is 1. The van der Waals surface area contributed by atoms with Crippen LogP contribution in [-0.4, -0.2) is 47.3 Å². The maximum Gasteiger partial charge on any atom is 0.155 e. The van der Waals surface area contributed by atoms with Crippen molar-refractivity contribution in [3.63, 3.8) is 0 Å². The van der Waals surface area contributed by atoms with Crippen LogP contribution in [0.3, 0.4) is 0 Å². The molecule has 0 bridgehead atoms. The smallest absolute Gasteiger partial charge is 0.155 e. The first kappa shape index (κ1) is 12.2. The molecule has 0 spiro atoms. The Morgan fingerprint density at radius 3 is 3.00 bits per heavy atom. The number of likely N-dealkylation sites (N-methyl/N-ethyl adjacent to an activating group) is 1. The van der Waals surface area contributed by atoms with E-state index in [4.69, 9.17) is 11.6 Å². The molecular formula is C13H19ClN4. The molecule has 0 aliphatic carbocycles. The molecule has 0 aromatic carbocycles. The summed E-state index contributed by atoms with van der Waals surface area (Å²) >= 11 is 5.93. The zero-order valence-electron chi connectivity index (χ0n) is 10.9. The average molecular weight is 267 g/mol. The summed E-state index contributed by atoms with van der Waals surface area (Å²) in [6.07, 6.45) is 3.55. The zero-order valence-corrected chi connectivity index (χ0v) is 11.7. The van der Waals surface area contributed by atoms with Crippen LogP contribution in [0.4, 0.5) is 5.82 Å². The monoisotopic (exact) mass is 266 g/mol. The predicted molar refractivity (Wildman–Crippen MR) is 73.2 cm³/mol. The van der Waals surface area contributed by atoms with E-state index in [1.54, 1.807) is 0 Å². The number of rotatable bonds is 1. The highest BCUT2D eigenvalue weighted by atomic mass is 35.5. The average Bonchev–Trinajstić information content (AvgIpc) is 2.64. The summed E-state index contributed by atoms with van der Waals surface area (Å²) in [6.45, 7) is 4.59. The van der Waals surface area contributed by atoms with Crippen molar-refractivity contribution in [1.29, 1.82) is 0 Å². The fourth-order valence-electron chi connectivity index (χ4n) is 3.29. The molecule has 0 radical (unpaired) electrons. The van der Waals surface area contributed by atoms with Gasteiger partial charge in [-0.3, -0.25) is 0 Å². The molecule has 5 heteroatoms. The molecular weight excluding hydrogens is 248 g/mol. The van der Waals surface area contributed by atoms with Crippen LogP contribution in [0.2, 0.25) is 5.15 Å². The van der Waals surface area contributed by atoms with Crippen molar-refractivity contribution in [3.05, 3.63) is 16.8 Å². The van der Waals surface area contributed by atoms with Gasteiger partial charge in [0.05, 0.1) is 0 Å². The van der Waals surface area contributed by atoms with E-state index >= 15 is 0 Å². The lowest BCUT2D eigenvalue weighted by Crippen LogP contribution is -2.49. The lowest BCUT2D eigenvalue weighted by Gasteiger charge is -2.39. The fraction of sp³-hybridized carbons (Fsp3) is 0.692. The Morgan fingerprint density at radius 1 is 1.39 bits per heavy atom. The lowest BCUT2D eigenvalue weighted by atomic mass is 10.0. The lowest BCUT2D eigenvalue weighted by molar-refractivity contribution is 0.240. The normalized spacial score (nSPS) is 28.5. The summed E-state index contributed by atoms with van der Waals surface area (Å²) in [7, 11) is 2.20. The van der Waals surface area contributed by atoms with Crippen LogP contribution in [0, 0.1) is 0 Å². The van der Waals surface area contributed by atoms with E-state index in [0.29, 0.717) is 17.2 Å². The fourth-order valence-corrected chi connectivity index (χ4v) is 3.46. The molecule has 2 atom stereocenters. The van der Waals surface area contributed by atoms with Crippen LogP contribution in [-0.2, 0) is 6.42 Å². The number of halogens is 1. The van der Waals surface area contributed by atoms with Crippen molar-refractivity contribution in [2.45, 2.75) is 38.3 Å². The van der Waals surface area contributed by atoms with E-state index in [1.165, 1.54) is 24.9 Å². The maximum absolute atomic E-state index is 5.93. The van der Waals surface area contributed by atoms with E-state index < -0.39 is 0 Å². The number of aromatic nitrogens is 2. The number of nitrogens with zero attached hydrogens (tertiary/aromatic N) is 4. The molecule has 1 unspecified atom stereocenters. The van der Waals surface area contributed by atoms with Gasteiger partial charge in [-0.1, -0.05) is 11.6 Å². The molecule has 1 aromatic rings.